The highest BCUT2D eigenvalue weighted by Gasteiger charge is 2.16. The van der Waals surface area contributed by atoms with Crippen LogP contribution < -0.4 is 5.32 Å². The van der Waals surface area contributed by atoms with E-state index in [1.54, 1.807) is 0 Å². The Bertz CT molecular complexity index is 736. The third kappa shape index (κ3) is 3.07. The highest BCUT2D eigenvalue weighted by molar-refractivity contribution is 5.84. The van der Waals surface area contributed by atoms with E-state index >= 15 is 0 Å². The largest absolute Gasteiger partial charge is 0.379 e. The van der Waals surface area contributed by atoms with E-state index in [9.17, 15) is 0 Å². The average molecular weight is 279 g/mol. The van der Waals surface area contributed by atoms with Gasteiger partial charge in [0.1, 0.15) is 0 Å². The van der Waals surface area contributed by atoms with Crippen molar-refractivity contribution in [1.29, 1.82) is 0 Å². The summed E-state index contributed by atoms with van der Waals surface area (Å²) in [5, 5.41) is 4.67. The number of nitrogens with one attached hydrogen (secondary N) is 2. The van der Waals surface area contributed by atoms with Gasteiger partial charge < -0.3 is 10.3 Å². The normalized spacial score (nSPS) is 11.8. The van der Waals surface area contributed by atoms with Crippen molar-refractivity contribution in [2.75, 3.05) is 5.32 Å². The molecule has 0 aliphatic rings. The second-order valence-corrected chi connectivity index (χ2v) is 6.41. The number of anilines is 1. The van der Waals surface area contributed by atoms with E-state index in [1.807, 2.05) is 24.4 Å². The number of aromatic amines is 1. The standard InChI is InChI=1S/C18H21N3/c1-18(2,3)17-11-13-10-14(7-8-16(13)21-17)20-12-15-6-4-5-9-19-15/h4-11,20-21H,12H2,1-3H3. The third-order valence-corrected chi connectivity index (χ3v) is 3.63. The lowest BCUT2D eigenvalue weighted by molar-refractivity contribution is 0.574. The second-order valence-electron chi connectivity index (χ2n) is 6.41. The van der Waals surface area contributed by atoms with Crippen LogP contribution in [0, 0.1) is 0 Å². The molecule has 3 nitrogen and oxygen atoms in total. The smallest absolute Gasteiger partial charge is 0.0594 e. The first kappa shape index (κ1) is 13.7. The van der Waals surface area contributed by atoms with Crippen molar-refractivity contribution in [2.24, 2.45) is 0 Å². The third-order valence-electron chi connectivity index (χ3n) is 3.63. The molecule has 0 radical (unpaired) electrons. The summed E-state index contributed by atoms with van der Waals surface area (Å²) in [6.45, 7) is 7.40. The lowest BCUT2D eigenvalue weighted by atomic mass is 9.92. The topological polar surface area (TPSA) is 40.7 Å². The number of nitrogens with zero attached hydrogens (tertiary/aromatic N) is 1. The molecule has 0 aliphatic heterocycles. The number of pyridine rings is 1. The van der Waals surface area contributed by atoms with Crippen LogP contribution in [0.3, 0.4) is 0 Å². The average Bonchev–Trinajstić information content (AvgIpc) is 2.89. The van der Waals surface area contributed by atoms with Gasteiger partial charge in [-0.2, -0.15) is 0 Å². The van der Waals surface area contributed by atoms with E-state index in [1.165, 1.54) is 16.6 Å². The highest BCUT2D eigenvalue weighted by Crippen LogP contribution is 2.27. The SMILES string of the molecule is CC(C)(C)c1cc2cc(NCc3ccccn3)ccc2[nH]1. The first-order valence-electron chi connectivity index (χ1n) is 7.29. The maximum atomic E-state index is 4.32. The second kappa shape index (κ2) is 5.24. The summed E-state index contributed by atoms with van der Waals surface area (Å²) in [5.41, 5.74) is 4.75. The first-order chi connectivity index (χ1) is 10.0. The van der Waals surface area contributed by atoms with Crippen molar-refractivity contribution in [3.8, 4) is 0 Å². The van der Waals surface area contributed by atoms with Gasteiger partial charge in [-0.15, -0.1) is 0 Å². The predicted molar refractivity (Wildman–Crippen MR) is 88.6 cm³/mol. The van der Waals surface area contributed by atoms with Crippen molar-refractivity contribution < 1.29 is 0 Å². The van der Waals surface area contributed by atoms with Crippen molar-refractivity contribution in [3.05, 3.63) is 60.0 Å². The van der Waals surface area contributed by atoms with Crippen molar-refractivity contribution >= 4 is 16.6 Å². The lowest BCUT2D eigenvalue weighted by Crippen LogP contribution is -2.10. The van der Waals surface area contributed by atoms with Gasteiger partial charge >= 0.3 is 0 Å². The first-order valence-corrected chi connectivity index (χ1v) is 7.29. The van der Waals surface area contributed by atoms with E-state index in [0.29, 0.717) is 0 Å². The molecule has 0 atom stereocenters. The molecule has 0 unspecified atom stereocenters. The number of fused-ring (bicyclic) bond motifs is 1. The monoisotopic (exact) mass is 279 g/mol. The Morgan fingerprint density at radius 1 is 1.10 bits per heavy atom. The van der Waals surface area contributed by atoms with Crippen LogP contribution in [-0.4, -0.2) is 9.97 Å². The van der Waals surface area contributed by atoms with Gasteiger partial charge in [-0.25, -0.2) is 0 Å². The summed E-state index contributed by atoms with van der Waals surface area (Å²) in [6, 6.07) is 14.6. The van der Waals surface area contributed by atoms with Gasteiger partial charge in [-0.05, 0) is 36.4 Å². The van der Waals surface area contributed by atoms with Gasteiger partial charge in [-0.3, -0.25) is 4.98 Å². The zero-order valence-electron chi connectivity index (χ0n) is 12.8. The molecule has 3 rings (SSSR count). The van der Waals surface area contributed by atoms with Crippen LogP contribution in [0.4, 0.5) is 5.69 Å². The van der Waals surface area contributed by atoms with Gasteiger partial charge in [0.2, 0.25) is 0 Å². The van der Waals surface area contributed by atoms with Crippen LogP contribution in [-0.2, 0) is 12.0 Å². The van der Waals surface area contributed by atoms with Crippen molar-refractivity contribution in [2.45, 2.75) is 32.7 Å². The van der Waals surface area contributed by atoms with E-state index in [2.05, 4.69) is 60.3 Å². The molecule has 0 saturated carbocycles. The Balaban J connectivity index is 1.81. The summed E-state index contributed by atoms with van der Waals surface area (Å²) >= 11 is 0. The minimum Gasteiger partial charge on any atom is -0.379 e. The zero-order valence-corrected chi connectivity index (χ0v) is 12.8. The van der Waals surface area contributed by atoms with Crippen LogP contribution >= 0.6 is 0 Å². The summed E-state index contributed by atoms with van der Waals surface area (Å²) in [7, 11) is 0. The summed E-state index contributed by atoms with van der Waals surface area (Å²) < 4.78 is 0. The molecule has 0 spiro atoms. The van der Waals surface area contributed by atoms with E-state index in [-0.39, 0.29) is 5.41 Å². The van der Waals surface area contributed by atoms with Crippen LogP contribution in [0.2, 0.25) is 0 Å². The molecule has 3 aromatic rings. The van der Waals surface area contributed by atoms with Crippen molar-refractivity contribution in [3.63, 3.8) is 0 Å². The molecule has 0 aliphatic carbocycles. The predicted octanol–water partition coefficient (Wildman–Crippen LogP) is 4.47. The van der Waals surface area contributed by atoms with E-state index < -0.39 is 0 Å². The van der Waals surface area contributed by atoms with Crippen LogP contribution in [0.1, 0.15) is 32.2 Å². The number of aromatic nitrogens is 2. The Morgan fingerprint density at radius 2 is 1.95 bits per heavy atom. The van der Waals surface area contributed by atoms with Crippen LogP contribution in [0.5, 0.6) is 0 Å². The van der Waals surface area contributed by atoms with Crippen LogP contribution in [0.15, 0.2) is 48.7 Å². The Morgan fingerprint density at radius 3 is 2.67 bits per heavy atom. The fraction of sp³-hybridized carbons (Fsp3) is 0.278. The highest BCUT2D eigenvalue weighted by atomic mass is 14.9. The molecule has 1 aromatic carbocycles. The molecule has 2 heterocycles. The molecular formula is C18H21N3. The number of benzene rings is 1. The summed E-state index contributed by atoms with van der Waals surface area (Å²) in [4.78, 5) is 7.82. The molecule has 108 valence electrons. The maximum absolute atomic E-state index is 4.32. The van der Waals surface area contributed by atoms with Gasteiger partial charge in [-0.1, -0.05) is 26.8 Å². The molecule has 2 aromatic heterocycles. The fourth-order valence-electron chi connectivity index (χ4n) is 2.34. The molecule has 0 fully saturated rings. The molecule has 2 N–H and O–H groups in total. The molecule has 21 heavy (non-hydrogen) atoms. The summed E-state index contributed by atoms with van der Waals surface area (Å²) in [6.07, 6.45) is 1.82. The Kier molecular flexibility index (Phi) is 3.42. The maximum Gasteiger partial charge on any atom is 0.0594 e. The van der Waals surface area contributed by atoms with Gasteiger partial charge in [0, 0.05) is 33.9 Å². The Labute approximate surface area is 125 Å². The fourth-order valence-corrected chi connectivity index (χ4v) is 2.34. The number of rotatable bonds is 3. The number of H-pyrrole nitrogens is 1. The number of hydrogen-bond donors (Lipinski definition) is 2. The lowest BCUT2D eigenvalue weighted by Gasteiger charge is -2.15. The van der Waals surface area contributed by atoms with Gasteiger partial charge in [0.25, 0.3) is 0 Å². The minimum atomic E-state index is 0.139. The molecular weight excluding hydrogens is 258 g/mol. The molecule has 3 heteroatoms. The van der Waals surface area contributed by atoms with E-state index in [0.717, 1.165) is 17.9 Å². The zero-order chi connectivity index (χ0) is 14.9. The minimum absolute atomic E-state index is 0.139. The van der Waals surface area contributed by atoms with E-state index in [4.69, 9.17) is 0 Å². The van der Waals surface area contributed by atoms with Crippen molar-refractivity contribution in [1.82, 2.24) is 9.97 Å². The molecule has 0 bridgehead atoms. The van der Waals surface area contributed by atoms with Gasteiger partial charge in [0.05, 0.1) is 12.2 Å². The Hall–Kier alpha value is -2.29. The summed E-state index contributed by atoms with van der Waals surface area (Å²) in [5.74, 6) is 0. The number of hydrogen-bond acceptors (Lipinski definition) is 2. The molecule has 0 saturated heterocycles. The van der Waals surface area contributed by atoms with Crippen LogP contribution in [0.25, 0.3) is 10.9 Å². The van der Waals surface area contributed by atoms with Gasteiger partial charge in [0.15, 0.2) is 0 Å². The molecule has 0 amide bonds. The quantitative estimate of drug-likeness (QED) is 0.742.